The second-order valence-electron chi connectivity index (χ2n) is 6.57. The number of rotatable bonds is 9. The van der Waals surface area contributed by atoms with Gasteiger partial charge in [0.05, 0.1) is 12.0 Å². The number of benzene rings is 2. The third-order valence-electron chi connectivity index (χ3n) is 3.88. The van der Waals surface area contributed by atoms with E-state index in [-0.39, 0.29) is 17.4 Å². The smallest absolute Gasteiger partial charge is 0.324 e. The number of nitrogens with one attached hydrogen (secondary N) is 1. The van der Waals surface area contributed by atoms with Gasteiger partial charge < -0.3 is 9.47 Å². The molecule has 0 spiro atoms. The third-order valence-corrected chi connectivity index (χ3v) is 5.37. The van der Waals surface area contributed by atoms with Crippen molar-refractivity contribution in [3.63, 3.8) is 0 Å². The van der Waals surface area contributed by atoms with Crippen LogP contribution in [0.3, 0.4) is 0 Å². The van der Waals surface area contributed by atoms with Crippen molar-refractivity contribution in [3.05, 3.63) is 60.2 Å². The van der Waals surface area contributed by atoms with Gasteiger partial charge in [0.2, 0.25) is 10.0 Å². The van der Waals surface area contributed by atoms with Crippen LogP contribution in [0.5, 0.6) is 5.75 Å². The SMILES string of the molecule is COc1ccc(S(=O)(=O)N[C@H](CC(C)C)C(=O)OCc2ccccc2)cc1. The molecule has 6 nitrogen and oxygen atoms in total. The van der Waals surface area contributed by atoms with E-state index in [9.17, 15) is 13.2 Å². The molecule has 7 heteroatoms. The standard InChI is InChI=1S/C20H25NO5S/c1-15(2)13-19(20(22)26-14-16-7-5-4-6-8-16)21-27(23,24)18-11-9-17(25-3)10-12-18/h4-12,15,19,21H,13-14H2,1-3H3/t19-/m1/s1. The van der Waals surface area contributed by atoms with Crippen molar-refractivity contribution in [2.75, 3.05) is 7.11 Å². The van der Waals surface area contributed by atoms with Gasteiger partial charge in [-0.25, -0.2) is 8.42 Å². The zero-order valence-corrected chi connectivity index (χ0v) is 16.5. The van der Waals surface area contributed by atoms with E-state index < -0.39 is 22.0 Å². The normalized spacial score (nSPS) is 12.6. The lowest BCUT2D eigenvalue weighted by Gasteiger charge is -2.19. The summed E-state index contributed by atoms with van der Waals surface area (Å²) in [4.78, 5) is 12.6. The molecule has 0 aliphatic carbocycles. The minimum absolute atomic E-state index is 0.0629. The molecule has 2 rings (SSSR count). The molecule has 0 unspecified atom stereocenters. The van der Waals surface area contributed by atoms with Crippen LogP contribution in [0.15, 0.2) is 59.5 Å². The predicted molar refractivity (Wildman–Crippen MR) is 103 cm³/mol. The van der Waals surface area contributed by atoms with E-state index in [2.05, 4.69) is 4.72 Å². The number of carbonyl (C=O) groups is 1. The molecular formula is C20H25NO5S. The number of carbonyl (C=O) groups excluding carboxylic acids is 1. The van der Waals surface area contributed by atoms with E-state index in [4.69, 9.17) is 9.47 Å². The lowest BCUT2D eigenvalue weighted by molar-refractivity contribution is -0.147. The second kappa shape index (κ2) is 9.53. The molecule has 0 heterocycles. The summed E-state index contributed by atoms with van der Waals surface area (Å²) in [5.74, 6) is 0.0671. The second-order valence-corrected chi connectivity index (χ2v) is 8.29. The van der Waals surface area contributed by atoms with Crippen LogP contribution in [0, 0.1) is 5.92 Å². The van der Waals surface area contributed by atoms with Gasteiger partial charge >= 0.3 is 5.97 Å². The van der Waals surface area contributed by atoms with E-state index in [1.165, 1.54) is 19.2 Å². The highest BCUT2D eigenvalue weighted by atomic mass is 32.2. The lowest BCUT2D eigenvalue weighted by atomic mass is 10.1. The van der Waals surface area contributed by atoms with Gasteiger partial charge in [-0.15, -0.1) is 0 Å². The molecule has 0 aliphatic rings. The first-order valence-electron chi connectivity index (χ1n) is 8.69. The van der Waals surface area contributed by atoms with E-state index in [1.54, 1.807) is 12.1 Å². The summed E-state index contributed by atoms with van der Waals surface area (Å²) < 4.78 is 38.1. The van der Waals surface area contributed by atoms with E-state index >= 15 is 0 Å². The quantitative estimate of drug-likeness (QED) is 0.664. The molecule has 146 valence electrons. The number of hydrogen-bond acceptors (Lipinski definition) is 5. The maximum Gasteiger partial charge on any atom is 0.324 e. The molecule has 1 N–H and O–H groups in total. The van der Waals surface area contributed by atoms with Crippen LogP contribution in [-0.2, 0) is 26.2 Å². The van der Waals surface area contributed by atoms with Crippen LogP contribution < -0.4 is 9.46 Å². The van der Waals surface area contributed by atoms with Gasteiger partial charge in [-0.05, 0) is 42.2 Å². The lowest BCUT2D eigenvalue weighted by Crippen LogP contribution is -2.42. The molecule has 1 atom stereocenters. The highest BCUT2D eigenvalue weighted by Crippen LogP contribution is 2.17. The zero-order chi connectivity index (χ0) is 19.9. The highest BCUT2D eigenvalue weighted by molar-refractivity contribution is 7.89. The molecule has 0 aliphatic heterocycles. The van der Waals surface area contributed by atoms with E-state index in [0.717, 1.165) is 5.56 Å². The zero-order valence-electron chi connectivity index (χ0n) is 15.7. The maximum atomic E-state index is 12.6. The molecule has 0 bridgehead atoms. The third kappa shape index (κ3) is 6.37. The van der Waals surface area contributed by atoms with Crippen LogP contribution in [0.2, 0.25) is 0 Å². The van der Waals surface area contributed by atoms with Crippen molar-refractivity contribution in [1.82, 2.24) is 4.72 Å². The highest BCUT2D eigenvalue weighted by Gasteiger charge is 2.27. The molecule has 2 aromatic carbocycles. The monoisotopic (exact) mass is 391 g/mol. The fraction of sp³-hybridized carbons (Fsp3) is 0.350. The van der Waals surface area contributed by atoms with Crippen molar-refractivity contribution in [2.45, 2.75) is 37.8 Å². The molecule has 27 heavy (non-hydrogen) atoms. The molecule has 0 amide bonds. The van der Waals surface area contributed by atoms with Gasteiger partial charge in [0.25, 0.3) is 0 Å². The first-order valence-corrected chi connectivity index (χ1v) is 10.2. The van der Waals surface area contributed by atoms with Crippen LogP contribution >= 0.6 is 0 Å². The Labute approximate surface area is 160 Å². The van der Waals surface area contributed by atoms with E-state index in [0.29, 0.717) is 12.2 Å². The van der Waals surface area contributed by atoms with Crippen LogP contribution in [0.4, 0.5) is 0 Å². The minimum atomic E-state index is -3.86. The Bertz CT molecular complexity index is 832. The summed E-state index contributed by atoms with van der Waals surface area (Å²) in [6, 6.07) is 14.3. The van der Waals surface area contributed by atoms with Crippen molar-refractivity contribution in [2.24, 2.45) is 5.92 Å². The maximum absolute atomic E-state index is 12.6. The summed E-state index contributed by atoms with van der Waals surface area (Å²) in [7, 11) is -2.36. The first-order chi connectivity index (χ1) is 12.8. The Morgan fingerprint density at radius 3 is 2.22 bits per heavy atom. The molecule has 2 aromatic rings. The van der Waals surface area contributed by atoms with Crippen molar-refractivity contribution >= 4 is 16.0 Å². The average Bonchev–Trinajstić information content (AvgIpc) is 2.66. The van der Waals surface area contributed by atoms with Gasteiger partial charge in [-0.2, -0.15) is 4.72 Å². The fourth-order valence-electron chi connectivity index (χ4n) is 2.50. The van der Waals surface area contributed by atoms with Crippen molar-refractivity contribution in [1.29, 1.82) is 0 Å². The molecule has 0 saturated heterocycles. The largest absolute Gasteiger partial charge is 0.497 e. The average molecular weight is 391 g/mol. The topological polar surface area (TPSA) is 81.7 Å². The summed E-state index contributed by atoms with van der Waals surface area (Å²) in [6.45, 7) is 3.93. The van der Waals surface area contributed by atoms with E-state index in [1.807, 2.05) is 44.2 Å². The minimum Gasteiger partial charge on any atom is -0.497 e. The van der Waals surface area contributed by atoms with Crippen molar-refractivity contribution in [3.8, 4) is 5.75 Å². The molecule has 0 saturated carbocycles. The first kappa shape index (κ1) is 20.9. The van der Waals surface area contributed by atoms with Crippen LogP contribution in [-0.4, -0.2) is 27.5 Å². The van der Waals surface area contributed by atoms with Crippen LogP contribution in [0.1, 0.15) is 25.8 Å². The molecule has 0 radical (unpaired) electrons. The Morgan fingerprint density at radius 2 is 1.67 bits per heavy atom. The number of sulfonamides is 1. The van der Waals surface area contributed by atoms with Gasteiger partial charge in [-0.1, -0.05) is 44.2 Å². The van der Waals surface area contributed by atoms with Crippen molar-refractivity contribution < 1.29 is 22.7 Å². The number of hydrogen-bond donors (Lipinski definition) is 1. The number of esters is 1. The van der Waals surface area contributed by atoms with Gasteiger partial charge in [0.15, 0.2) is 0 Å². The summed E-state index contributed by atoms with van der Waals surface area (Å²) in [5, 5.41) is 0. The predicted octanol–water partition coefficient (Wildman–Crippen LogP) is 3.13. The van der Waals surface area contributed by atoms with Gasteiger partial charge in [0, 0.05) is 0 Å². The molecule has 0 aromatic heterocycles. The fourth-order valence-corrected chi connectivity index (χ4v) is 3.70. The summed E-state index contributed by atoms with van der Waals surface area (Å²) in [6.07, 6.45) is 0.336. The summed E-state index contributed by atoms with van der Waals surface area (Å²) >= 11 is 0. The summed E-state index contributed by atoms with van der Waals surface area (Å²) in [5.41, 5.74) is 0.840. The van der Waals surface area contributed by atoms with Crippen LogP contribution in [0.25, 0.3) is 0 Å². The van der Waals surface area contributed by atoms with Gasteiger partial charge in [-0.3, -0.25) is 4.79 Å². The Balaban J connectivity index is 2.10. The molecular weight excluding hydrogens is 366 g/mol. The Morgan fingerprint density at radius 1 is 1.04 bits per heavy atom. The number of ether oxygens (including phenoxy) is 2. The van der Waals surface area contributed by atoms with Gasteiger partial charge in [0.1, 0.15) is 18.4 Å². The molecule has 0 fully saturated rings. The number of methoxy groups -OCH3 is 1. The Kier molecular flexibility index (Phi) is 7.38. The Hall–Kier alpha value is -2.38.